The molecule has 4 nitrogen and oxygen atoms in total. The molecule has 12 atom stereocenters. The Morgan fingerprint density at radius 1 is 0.685 bits per heavy atom. The van der Waals surface area contributed by atoms with E-state index in [0.29, 0.717) is 65.6 Å². The van der Waals surface area contributed by atoms with Crippen LogP contribution >= 0.6 is 0 Å². The summed E-state index contributed by atoms with van der Waals surface area (Å²) in [5, 5.41) is 0. The number of likely N-dealkylation sites (tertiary alicyclic amines) is 1. The number of fused-ring (bicyclic) bond motifs is 8. The molecule has 0 radical (unpaired) electrons. The number of rotatable bonds is 9. The molecule has 4 heteroatoms. The highest BCUT2D eigenvalue weighted by Crippen LogP contribution is 2.55. The van der Waals surface area contributed by atoms with Gasteiger partial charge in [0, 0.05) is 87.2 Å². The molecule has 0 spiro atoms. The van der Waals surface area contributed by atoms with Crippen LogP contribution in [0.3, 0.4) is 0 Å². The van der Waals surface area contributed by atoms with E-state index in [0.717, 1.165) is 44.9 Å². The maximum atomic E-state index is 2.90. The fourth-order valence-corrected chi connectivity index (χ4v) is 16.3. The van der Waals surface area contributed by atoms with Crippen LogP contribution in [0.25, 0.3) is 0 Å². The summed E-state index contributed by atoms with van der Waals surface area (Å²) in [5.74, 6) is 3.37. The van der Waals surface area contributed by atoms with Gasteiger partial charge in [0.1, 0.15) is 0 Å². The van der Waals surface area contributed by atoms with Gasteiger partial charge in [-0.3, -0.25) is 0 Å². The second-order valence-corrected chi connectivity index (χ2v) is 23.9. The average Bonchev–Trinajstić information content (AvgIpc) is 3.96. The van der Waals surface area contributed by atoms with E-state index in [4.69, 9.17) is 0 Å². The first-order valence-corrected chi connectivity index (χ1v) is 29.0. The van der Waals surface area contributed by atoms with Crippen molar-refractivity contribution in [3.05, 3.63) is 233 Å². The number of nitrogens with zero attached hydrogens (tertiary/aromatic N) is 4. The van der Waals surface area contributed by atoms with Crippen molar-refractivity contribution in [2.45, 2.75) is 140 Å². The summed E-state index contributed by atoms with van der Waals surface area (Å²) in [6, 6.07) is 11.2. The van der Waals surface area contributed by atoms with Crippen LogP contribution in [0.4, 0.5) is 5.69 Å². The van der Waals surface area contributed by atoms with E-state index in [-0.39, 0.29) is 5.41 Å². The molecule has 73 heavy (non-hydrogen) atoms. The number of anilines is 1. The Morgan fingerprint density at radius 3 is 2.51 bits per heavy atom. The van der Waals surface area contributed by atoms with E-state index < -0.39 is 0 Å². The van der Waals surface area contributed by atoms with Gasteiger partial charge in [0.15, 0.2) is 0 Å². The molecule has 13 aliphatic rings. The van der Waals surface area contributed by atoms with Gasteiger partial charge in [-0.15, -0.1) is 0 Å². The number of allylic oxidation sites excluding steroid dienone is 27. The quantitative estimate of drug-likeness (QED) is 0.229. The Morgan fingerprint density at radius 2 is 1.63 bits per heavy atom. The molecule has 2 heterocycles. The second-order valence-electron chi connectivity index (χ2n) is 23.9. The van der Waals surface area contributed by atoms with Crippen LogP contribution in [-0.4, -0.2) is 38.9 Å². The molecule has 0 aromatic heterocycles. The summed E-state index contributed by atoms with van der Waals surface area (Å²) < 4.78 is 0. The van der Waals surface area contributed by atoms with Crippen molar-refractivity contribution in [2.24, 2.45) is 40.9 Å². The van der Waals surface area contributed by atoms with Crippen molar-refractivity contribution in [1.82, 2.24) is 14.7 Å². The van der Waals surface area contributed by atoms with E-state index in [1.807, 2.05) is 0 Å². The lowest BCUT2D eigenvalue weighted by Gasteiger charge is -2.46. The van der Waals surface area contributed by atoms with Gasteiger partial charge in [0.05, 0.1) is 12.1 Å². The number of hydrogen-bond acceptors (Lipinski definition) is 4. The minimum absolute atomic E-state index is 0.133. The van der Waals surface area contributed by atoms with Gasteiger partial charge in [0.25, 0.3) is 0 Å². The summed E-state index contributed by atoms with van der Waals surface area (Å²) >= 11 is 0. The fraction of sp³-hybridized carbons (Fsp3) is 0.420. The minimum atomic E-state index is 0.133. The number of para-hydroxylation sites is 1. The van der Waals surface area contributed by atoms with Crippen molar-refractivity contribution >= 4 is 5.69 Å². The third kappa shape index (κ3) is 7.98. The lowest BCUT2D eigenvalue weighted by Crippen LogP contribution is -2.40. The summed E-state index contributed by atoms with van der Waals surface area (Å²) in [6.45, 7) is 2.50. The minimum Gasteiger partial charge on any atom is -0.364 e. The third-order valence-electron chi connectivity index (χ3n) is 19.9. The van der Waals surface area contributed by atoms with Crippen LogP contribution in [0.1, 0.15) is 121 Å². The molecule has 372 valence electrons. The molecule has 1 fully saturated rings. The first kappa shape index (κ1) is 45.6. The zero-order valence-corrected chi connectivity index (χ0v) is 43.3. The van der Waals surface area contributed by atoms with Gasteiger partial charge < -0.3 is 19.6 Å². The van der Waals surface area contributed by atoms with Gasteiger partial charge in [-0.05, 0) is 168 Å². The third-order valence-corrected chi connectivity index (χ3v) is 19.9. The van der Waals surface area contributed by atoms with Gasteiger partial charge in [-0.1, -0.05) is 153 Å². The number of hydrogen-bond donors (Lipinski definition) is 0. The molecule has 11 unspecified atom stereocenters. The Kier molecular flexibility index (Phi) is 11.9. The van der Waals surface area contributed by atoms with Crippen LogP contribution in [0.5, 0.6) is 0 Å². The van der Waals surface area contributed by atoms with E-state index in [1.54, 1.807) is 22.7 Å². The smallest absolute Gasteiger partial charge is 0.0545 e. The first-order valence-electron chi connectivity index (χ1n) is 29.0. The topological polar surface area (TPSA) is 13.0 Å². The van der Waals surface area contributed by atoms with Crippen molar-refractivity contribution < 1.29 is 0 Å². The summed E-state index contributed by atoms with van der Waals surface area (Å²) in [6.07, 6.45) is 83.1. The molecule has 0 saturated carbocycles. The maximum Gasteiger partial charge on any atom is 0.0545 e. The molecule has 1 saturated heterocycles. The highest BCUT2D eigenvalue weighted by atomic mass is 15.3. The van der Waals surface area contributed by atoms with Crippen molar-refractivity contribution in [3.8, 4) is 0 Å². The Bertz CT molecular complexity index is 2940. The molecular weight excluding hydrogens is 885 g/mol. The van der Waals surface area contributed by atoms with E-state index in [1.165, 1.54) is 91.8 Å². The Labute approximate surface area is 437 Å². The zero-order chi connectivity index (χ0) is 48.5. The molecule has 0 bridgehead atoms. The normalized spacial score (nSPS) is 36.3. The van der Waals surface area contributed by atoms with E-state index in [9.17, 15) is 0 Å². The van der Waals surface area contributed by atoms with Gasteiger partial charge >= 0.3 is 0 Å². The standard InChI is InChI=1S/C69H76N4/c1-69-44-15-14-27-62(69)68(31-17-45-69)71(56-41-43-67-61(47-56)59-26-11-13-29-65(59)73(67)52-22-6-3-7-23-52)54-38-34-49(35-39-54)48-32-36-53(37-33-48)70(63-30-16-19-50-18-8-9-24-57(50)63)55-40-42-66-60(46-55)58-25-10-12-28-64(58)72(66)51-20-4-2-5-21-51/h2-4,6,8-14,17-18,22,24-29,31-32,34,36,38-40,42,45,47-51,53,58,60-62,64,67H,5,7,15-16,19-21,23,30,33,35,37,41,43-44,46H2,1H3/t48-,49?,50?,51?,53?,58?,60?,61?,62?,64?,67?,69?/m1/s1. The Hall–Kier alpha value is -6.00. The highest BCUT2D eigenvalue weighted by molar-refractivity contribution is 5.68. The van der Waals surface area contributed by atoms with Gasteiger partial charge in [-0.2, -0.15) is 0 Å². The van der Waals surface area contributed by atoms with Crippen LogP contribution in [0.15, 0.2) is 228 Å². The zero-order valence-electron chi connectivity index (χ0n) is 43.3. The monoisotopic (exact) mass is 961 g/mol. The maximum absolute atomic E-state index is 2.90. The predicted molar refractivity (Wildman–Crippen MR) is 302 cm³/mol. The SMILES string of the molecule is CC12C=CC=C(N(C3=CCC([C@@H]4C=CC(N(C5=CC=C6C(C5)C5C=CC=CC5N6C5CC=CCC5)C5=C6C=CC=CC6CCC5)CC4)C=C3)C3=CC4c5ccccc5N(C5=CC=CCC5)C4CC3)C1C=CCC2. The van der Waals surface area contributed by atoms with Crippen LogP contribution in [0, 0.1) is 40.9 Å². The average molecular weight is 961 g/mol. The fourth-order valence-electron chi connectivity index (χ4n) is 16.3. The first-order chi connectivity index (χ1) is 36.1. The second kappa shape index (κ2) is 19.0. The summed E-state index contributed by atoms with van der Waals surface area (Å²) in [5.41, 5.74) is 15.1. The molecule has 0 amide bonds. The summed E-state index contributed by atoms with van der Waals surface area (Å²) in [7, 11) is 0. The largest absolute Gasteiger partial charge is 0.364 e. The predicted octanol–water partition coefficient (Wildman–Crippen LogP) is 16.2. The van der Waals surface area contributed by atoms with Crippen LogP contribution < -0.4 is 4.90 Å². The molecule has 11 aliphatic carbocycles. The molecule has 2 aliphatic heterocycles. The number of benzene rings is 1. The lowest BCUT2D eigenvalue weighted by molar-refractivity contribution is 0.217. The molecule has 14 rings (SSSR count). The van der Waals surface area contributed by atoms with E-state index >= 15 is 0 Å². The van der Waals surface area contributed by atoms with Crippen molar-refractivity contribution in [2.75, 3.05) is 4.90 Å². The van der Waals surface area contributed by atoms with Crippen LogP contribution in [-0.2, 0) is 0 Å². The van der Waals surface area contributed by atoms with Crippen molar-refractivity contribution in [1.29, 1.82) is 0 Å². The lowest BCUT2D eigenvalue weighted by atomic mass is 9.66. The van der Waals surface area contributed by atoms with E-state index in [2.05, 4.69) is 209 Å². The summed E-state index contributed by atoms with van der Waals surface area (Å²) in [4.78, 5) is 11.2. The molecule has 1 aromatic carbocycles. The van der Waals surface area contributed by atoms with Crippen molar-refractivity contribution in [3.63, 3.8) is 0 Å². The van der Waals surface area contributed by atoms with Gasteiger partial charge in [0.2, 0.25) is 0 Å². The molecular formula is C69H76N4. The Balaban J connectivity index is 0.756. The van der Waals surface area contributed by atoms with Gasteiger partial charge in [-0.25, -0.2) is 0 Å². The molecule has 0 N–H and O–H groups in total. The highest BCUT2D eigenvalue weighted by Gasteiger charge is 2.48. The molecule has 1 aromatic rings. The van der Waals surface area contributed by atoms with Crippen LogP contribution in [0.2, 0.25) is 0 Å².